The number of hydrogen-bond acceptors (Lipinski definition) is 5. The molecule has 0 unspecified atom stereocenters. The van der Waals surface area contributed by atoms with E-state index in [4.69, 9.17) is 32.8 Å². The number of halogens is 5. The Morgan fingerprint density at radius 3 is 2.59 bits per heavy atom. The minimum Gasteiger partial charge on any atom is -0.482 e. The number of alkyl halides is 3. The van der Waals surface area contributed by atoms with Crippen molar-refractivity contribution in [1.82, 2.24) is 14.7 Å². The summed E-state index contributed by atoms with van der Waals surface area (Å²) in [7, 11) is 0. The zero-order valence-corrected chi connectivity index (χ0v) is 15.1. The Morgan fingerprint density at radius 1 is 1.19 bits per heavy atom. The molecule has 0 aliphatic carbocycles. The predicted molar refractivity (Wildman–Crippen MR) is 90.8 cm³/mol. The Bertz CT molecular complexity index is 1020. The molecule has 0 atom stereocenters. The molecule has 0 saturated heterocycles. The Labute approximate surface area is 160 Å². The summed E-state index contributed by atoms with van der Waals surface area (Å²) in [5.41, 5.74) is 0.179. The van der Waals surface area contributed by atoms with Crippen LogP contribution in [0, 0.1) is 6.92 Å². The fraction of sp³-hybridized carbons (Fsp3) is 0.188. The first-order valence-electron chi connectivity index (χ1n) is 7.37. The van der Waals surface area contributed by atoms with Gasteiger partial charge in [0, 0.05) is 5.02 Å². The van der Waals surface area contributed by atoms with E-state index in [0.717, 1.165) is 0 Å². The van der Waals surface area contributed by atoms with E-state index in [1.165, 1.54) is 18.2 Å². The number of aryl methyl sites for hydroxylation is 1. The van der Waals surface area contributed by atoms with Crippen LogP contribution in [0.4, 0.5) is 13.2 Å². The third-order valence-electron chi connectivity index (χ3n) is 3.37. The monoisotopic (exact) mass is 419 g/mol. The van der Waals surface area contributed by atoms with Gasteiger partial charge in [0.1, 0.15) is 16.4 Å². The van der Waals surface area contributed by atoms with E-state index in [2.05, 4.69) is 9.97 Å². The van der Waals surface area contributed by atoms with Crippen molar-refractivity contribution in [3.05, 3.63) is 51.9 Å². The molecule has 6 nitrogen and oxygen atoms in total. The van der Waals surface area contributed by atoms with E-state index in [9.17, 15) is 18.0 Å². The lowest BCUT2D eigenvalue weighted by Gasteiger charge is -2.12. The summed E-state index contributed by atoms with van der Waals surface area (Å²) >= 11 is 11.5. The van der Waals surface area contributed by atoms with Crippen LogP contribution in [0.15, 0.2) is 30.3 Å². The highest BCUT2D eigenvalue weighted by atomic mass is 35.5. The zero-order chi connectivity index (χ0) is 19.8. The summed E-state index contributed by atoms with van der Waals surface area (Å²) in [6, 6.07) is 7.16. The van der Waals surface area contributed by atoms with Crippen LogP contribution in [-0.4, -0.2) is 27.3 Å². The van der Waals surface area contributed by atoms with E-state index in [1.807, 2.05) is 0 Å². The Morgan fingerprint density at radius 2 is 1.93 bits per heavy atom. The zero-order valence-electron chi connectivity index (χ0n) is 13.6. The maximum Gasteiger partial charge on any atom is 0.453 e. The van der Waals surface area contributed by atoms with Gasteiger partial charge in [-0.25, -0.2) is 14.8 Å². The van der Waals surface area contributed by atoms with E-state index >= 15 is 0 Å². The molecule has 3 rings (SSSR count). The molecule has 1 aromatic carbocycles. The lowest BCUT2D eigenvalue weighted by Crippen LogP contribution is -2.29. The van der Waals surface area contributed by atoms with Crippen molar-refractivity contribution in [2.45, 2.75) is 13.1 Å². The topological polar surface area (TPSA) is 66.2 Å². The van der Waals surface area contributed by atoms with Gasteiger partial charge in [0.25, 0.3) is 5.82 Å². The highest BCUT2D eigenvalue weighted by molar-refractivity contribution is 6.30. The molecule has 0 radical (unpaired) electrons. The number of aromatic nitrogens is 3. The quantitative estimate of drug-likeness (QED) is 0.595. The SMILES string of the molecule is Cc1cc(Cl)ccc1OCC(=O)On1c(C(F)(F)F)nc2nc(Cl)ccc21. The molecule has 0 aliphatic heterocycles. The molecular weight excluding hydrogens is 410 g/mol. The van der Waals surface area contributed by atoms with Gasteiger partial charge in [-0.1, -0.05) is 23.2 Å². The number of ether oxygens (including phenoxy) is 1. The fourth-order valence-electron chi connectivity index (χ4n) is 2.23. The van der Waals surface area contributed by atoms with Gasteiger partial charge in [-0.05, 0) is 42.8 Å². The molecule has 142 valence electrons. The minimum atomic E-state index is -4.87. The largest absolute Gasteiger partial charge is 0.482 e. The molecule has 3 aromatic rings. The first-order chi connectivity index (χ1) is 12.6. The van der Waals surface area contributed by atoms with Crippen molar-refractivity contribution in [1.29, 1.82) is 0 Å². The van der Waals surface area contributed by atoms with Crippen molar-refractivity contribution >= 4 is 40.3 Å². The molecular formula is C16H10Cl2F3N3O3. The van der Waals surface area contributed by atoms with Gasteiger partial charge in [0.2, 0.25) is 0 Å². The van der Waals surface area contributed by atoms with Crippen molar-refractivity contribution in [2.75, 3.05) is 6.61 Å². The third kappa shape index (κ3) is 4.25. The van der Waals surface area contributed by atoms with E-state index in [-0.39, 0.29) is 21.0 Å². The lowest BCUT2D eigenvalue weighted by atomic mass is 10.2. The predicted octanol–water partition coefficient (Wildman–Crippen LogP) is 4.10. The van der Waals surface area contributed by atoms with Crippen LogP contribution in [-0.2, 0) is 11.0 Å². The number of carbonyl (C=O) groups is 1. The normalized spacial score (nSPS) is 11.6. The van der Waals surface area contributed by atoms with Crippen LogP contribution in [0.25, 0.3) is 11.2 Å². The Balaban J connectivity index is 1.83. The second-order valence-electron chi connectivity index (χ2n) is 5.37. The second kappa shape index (κ2) is 7.24. The molecule has 0 aliphatic rings. The summed E-state index contributed by atoms with van der Waals surface area (Å²) in [5, 5.41) is 0.432. The van der Waals surface area contributed by atoms with Crippen LogP contribution >= 0.6 is 23.2 Å². The van der Waals surface area contributed by atoms with Crippen molar-refractivity contribution < 1.29 is 27.5 Å². The average molecular weight is 420 g/mol. The maximum atomic E-state index is 13.2. The number of carbonyl (C=O) groups excluding carboxylic acids is 1. The second-order valence-corrected chi connectivity index (χ2v) is 6.19. The lowest BCUT2D eigenvalue weighted by molar-refractivity contribution is -0.163. The number of benzene rings is 1. The summed E-state index contributed by atoms with van der Waals surface area (Å²) in [5.74, 6) is -2.16. The number of nitrogens with zero attached hydrogens (tertiary/aromatic N) is 3. The van der Waals surface area contributed by atoms with Crippen LogP contribution in [0.3, 0.4) is 0 Å². The molecule has 0 spiro atoms. The Hall–Kier alpha value is -2.52. The van der Waals surface area contributed by atoms with Crippen LogP contribution < -0.4 is 9.57 Å². The number of pyridine rings is 1. The highest BCUT2D eigenvalue weighted by Gasteiger charge is 2.39. The molecule has 27 heavy (non-hydrogen) atoms. The van der Waals surface area contributed by atoms with E-state index in [0.29, 0.717) is 16.3 Å². The summed E-state index contributed by atoms with van der Waals surface area (Å²) in [6.07, 6.45) is -4.87. The number of imidazole rings is 1. The molecule has 11 heteroatoms. The van der Waals surface area contributed by atoms with Gasteiger partial charge in [-0.3, -0.25) is 0 Å². The Kier molecular flexibility index (Phi) is 5.16. The van der Waals surface area contributed by atoms with Crippen molar-refractivity contribution in [3.63, 3.8) is 0 Å². The minimum absolute atomic E-state index is 0.0475. The molecule has 0 amide bonds. The highest BCUT2D eigenvalue weighted by Crippen LogP contribution is 2.31. The number of rotatable bonds is 4. The van der Waals surface area contributed by atoms with E-state index in [1.54, 1.807) is 19.1 Å². The van der Waals surface area contributed by atoms with Crippen LogP contribution in [0.2, 0.25) is 10.2 Å². The fourth-order valence-corrected chi connectivity index (χ4v) is 2.60. The van der Waals surface area contributed by atoms with Crippen molar-refractivity contribution in [3.8, 4) is 5.75 Å². The number of hydrogen-bond donors (Lipinski definition) is 0. The standard InChI is InChI=1S/C16H10Cl2F3N3O3/c1-8-6-9(17)2-4-11(8)26-7-13(25)27-24-10-3-5-12(18)22-14(10)23-15(24)16(19,20)21/h2-6H,7H2,1H3. The van der Waals surface area contributed by atoms with E-state index < -0.39 is 24.6 Å². The van der Waals surface area contributed by atoms with Crippen LogP contribution in [0.1, 0.15) is 11.4 Å². The first-order valence-corrected chi connectivity index (χ1v) is 8.13. The van der Waals surface area contributed by atoms with Gasteiger partial charge < -0.3 is 9.57 Å². The molecule has 2 heterocycles. The van der Waals surface area contributed by atoms with Crippen LogP contribution in [0.5, 0.6) is 5.75 Å². The average Bonchev–Trinajstić information content (AvgIpc) is 2.92. The first kappa shape index (κ1) is 19.2. The van der Waals surface area contributed by atoms with Gasteiger partial charge in [0.15, 0.2) is 12.3 Å². The summed E-state index contributed by atoms with van der Waals surface area (Å²) in [4.78, 5) is 23.9. The van der Waals surface area contributed by atoms with Gasteiger partial charge in [-0.2, -0.15) is 13.2 Å². The van der Waals surface area contributed by atoms with Gasteiger partial charge in [-0.15, -0.1) is 4.73 Å². The number of fused-ring (bicyclic) bond motifs is 1. The third-order valence-corrected chi connectivity index (χ3v) is 3.82. The maximum absolute atomic E-state index is 13.2. The molecule has 0 saturated carbocycles. The molecule has 0 fully saturated rings. The molecule has 0 bridgehead atoms. The summed E-state index contributed by atoms with van der Waals surface area (Å²) < 4.78 is 45.1. The van der Waals surface area contributed by atoms with Gasteiger partial charge >= 0.3 is 12.1 Å². The van der Waals surface area contributed by atoms with Gasteiger partial charge in [0.05, 0.1) is 0 Å². The van der Waals surface area contributed by atoms with Crippen molar-refractivity contribution in [2.24, 2.45) is 0 Å². The summed E-state index contributed by atoms with van der Waals surface area (Å²) in [6.45, 7) is 1.08. The molecule has 0 N–H and O–H groups in total. The smallest absolute Gasteiger partial charge is 0.453 e. The molecule has 2 aromatic heterocycles.